The fraction of sp³-hybridized carbons (Fsp3) is 0.273. The molecular weight excluding hydrogens is 204 g/mol. The van der Waals surface area contributed by atoms with Crippen molar-refractivity contribution in [1.82, 2.24) is 14.8 Å². The van der Waals surface area contributed by atoms with Crippen LogP contribution in [0.3, 0.4) is 0 Å². The number of hydrogen-bond donors (Lipinski definition) is 1. The predicted octanol–water partition coefficient (Wildman–Crippen LogP) is 0.853. The molecule has 0 amide bonds. The first kappa shape index (κ1) is 10.6. The van der Waals surface area contributed by atoms with Crippen LogP contribution in [0.2, 0.25) is 0 Å². The Morgan fingerprint density at radius 3 is 2.62 bits per heavy atom. The highest BCUT2D eigenvalue weighted by molar-refractivity contribution is 5.27. The molecule has 0 atom stereocenters. The van der Waals surface area contributed by atoms with E-state index in [9.17, 15) is 0 Å². The van der Waals surface area contributed by atoms with Crippen molar-refractivity contribution in [2.24, 2.45) is 12.8 Å². The number of ether oxygens (including phenoxy) is 1. The highest BCUT2D eigenvalue weighted by atomic mass is 16.5. The third kappa shape index (κ3) is 2.38. The maximum absolute atomic E-state index is 5.57. The molecule has 0 bridgehead atoms. The van der Waals surface area contributed by atoms with Gasteiger partial charge in [0.05, 0.1) is 0 Å². The van der Waals surface area contributed by atoms with Crippen LogP contribution in [0.15, 0.2) is 30.6 Å². The van der Waals surface area contributed by atoms with E-state index in [1.807, 2.05) is 35.9 Å². The first-order valence-corrected chi connectivity index (χ1v) is 5.04. The number of aryl methyl sites for hydroxylation is 1. The van der Waals surface area contributed by atoms with Gasteiger partial charge in [0, 0.05) is 13.6 Å². The van der Waals surface area contributed by atoms with Gasteiger partial charge >= 0.3 is 0 Å². The van der Waals surface area contributed by atoms with Crippen molar-refractivity contribution in [3.05, 3.63) is 42.0 Å². The van der Waals surface area contributed by atoms with Gasteiger partial charge in [0.2, 0.25) is 0 Å². The molecule has 0 radical (unpaired) electrons. The molecule has 0 aliphatic carbocycles. The van der Waals surface area contributed by atoms with Gasteiger partial charge in [-0.2, -0.15) is 0 Å². The minimum Gasteiger partial charge on any atom is -0.486 e. The molecule has 0 unspecified atom stereocenters. The molecule has 0 aliphatic rings. The Hall–Kier alpha value is -1.88. The second kappa shape index (κ2) is 4.76. The molecule has 2 aromatic rings. The van der Waals surface area contributed by atoms with Crippen LogP contribution < -0.4 is 10.5 Å². The zero-order valence-corrected chi connectivity index (χ0v) is 9.13. The lowest BCUT2D eigenvalue weighted by atomic mass is 10.2. The second-order valence-corrected chi connectivity index (χ2v) is 3.49. The largest absolute Gasteiger partial charge is 0.486 e. The molecule has 16 heavy (non-hydrogen) atoms. The monoisotopic (exact) mass is 218 g/mol. The first-order chi connectivity index (χ1) is 7.79. The normalized spacial score (nSPS) is 10.4. The summed E-state index contributed by atoms with van der Waals surface area (Å²) >= 11 is 0. The van der Waals surface area contributed by atoms with Crippen molar-refractivity contribution in [1.29, 1.82) is 0 Å². The Kier molecular flexibility index (Phi) is 3.16. The van der Waals surface area contributed by atoms with E-state index in [2.05, 4.69) is 10.2 Å². The van der Waals surface area contributed by atoms with E-state index < -0.39 is 0 Å². The Labute approximate surface area is 93.9 Å². The molecule has 0 fully saturated rings. The molecule has 0 aliphatic heterocycles. The Bertz CT molecular complexity index is 449. The summed E-state index contributed by atoms with van der Waals surface area (Å²) in [6.07, 6.45) is 1.65. The van der Waals surface area contributed by atoms with E-state index in [0.29, 0.717) is 13.2 Å². The summed E-state index contributed by atoms with van der Waals surface area (Å²) in [5.74, 6) is 1.60. The molecule has 84 valence electrons. The van der Waals surface area contributed by atoms with Gasteiger partial charge in [-0.1, -0.05) is 12.1 Å². The van der Waals surface area contributed by atoms with Crippen molar-refractivity contribution < 1.29 is 4.74 Å². The second-order valence-electron chi connectivity index (χ2n) is 3.49. The van der Waals surface area contributed by atoms with E-state index in [0.717, 1.165) is 17.1 Å². The SMILES string of the molecule is Cn1cnnc1COc1ccc(CN)cc1. The number of benzene rings is 1. The number of hydrogen-bond acceptors (Lipinski definition) is 4. The summed E-state index contributed by atoms with van der Waals surface area (Å²) < 4.78 is 7.39. The van der Waals surface area contributed by atoms with Crippen molar-refractivity contribution in [3.8, 4) is 5.75 Å². The van der Waals surface area contributed by atoms with Gasteiger partial charge in [-0.15, -0.1) is 10.2 Å². The Morgan fingerprint density at radius 2 is 2.06 bits per heavy atom. The lowest BCUT2D eigenvalue weighted by molar-refractivity contribution is 0.291. The predicted molar refractivity (Wildman–Crippen MR) is 59.7 cm³/mol. The minimum atomic E-state index is 0.415. The van der Waals surface area contributed by atoms with Crippen LogP contribution in [-0.4, -0.2) is 14.8 Å². The molecule has 1 aromatic carbocycles. The van der Waals surface area contributed by atoms with Crippen molar-refractivity contribution in [2.75, 3.05) is 0 Å². The molecule has 5 nitrogen and oxygen atoms in total. The van der Waals surface area contributed by atoms with Gasteiger partial charge in [-0.05, 0) is 17.7 Å². The lowest BCUT2D eigenvalue weighted by Gasteiger charge is -2.05. The average Bonchev–Trinajstić information content (AvgIpc) is 2.73. The van der Waals surface area contributed by atoms with Crippen molar-refractivity contribution in [3.63, 3.8) is 0 Å². The third-order valence-corrected chi connectivity index (χ3v) is 2.33. The first-order valence-electron chi connectivity index (χ1n) is 5.04. The Balaban J connectivity index is 1.97. The van der Waals surface area contributed by atoms with E-state index in [1.54, 1.807) is 6.33 Å². The fourth-order valence-electron chi connectivity index (χ4n) is 1.31. The maximum Gasteiger partial charge on any atom is 0.170 e. The number of nitrogens with two attached hydrogens (primary N) is 1. The van der Waals surface area contributed by atoms with E-state index >= 15 is 0 Å². The molecule has 2 N–H and O–H groups in total. The molecule has 1 aromatic heterocycles. The van der Waals surface area contributed by atoms with E-state index in [-0.39, 0.29) is 0 Å². The zero-order valence-electron chi connectivity index (χ0n) is 9.13. The number of aromatic nitrogens is 3. The van der Waals surface area contributed by atoms with Crippen LogP contribution in [0, 0.1) is 0 Å². The summed E-state index contributed by atoms with van der Waals surface area (Å²) in [5, 5.41) is 7.71. The van der Waals surface area contributed by atoms with Gasteiger partial charge in [-0.3, -0.25) is 0 Å². The molecule has 5 heteroatoms. The highest BCUT2D eigenvalue weighted by Crippen LogP contribution is 2.13. The van der Waals surface area contributed by atoms with Gasteiger partial charge in [0.15, 0.2) is 5.82 Å². The van der Waals surface area contributed by atoms with Crippen LogP contribution >= 0.6 is 0 Å². The molecule has 0 saturated carbocycles. The third-order valence-electron chi connectivity index (χ3n) is 2.33. The highest BCUT2D eigenvalue weighted by Gasteiger charge is 2.01. The number of nitrogens with zero attached hydrogens (tertiary/aromatic N) is 3. The lowest BCUT2D eigenvalue weighted by Crippen LogP contribution is -2.03. The quantitative estimate of drug-likeness (QED) is 0.826. The van der Waals surface area contributed by atoms with Crippen LogP contribution in [0.4, 0.5) is 0 Å². The molecule has 2 rings (SSSR count). The van der Waals surface area contributed by atoms with Crippen molar-refractivity contribution >= 4 is 0 Å². The minimum absolute atomic E-state index is 0.415. The van der Waals surface area contributed by atoms with Crippen LogP contribution in [-0.2, 0) is 20.2 Å². The van der Waals surface area contributed by atoms with Crippen LogP contribution in [0.25, 0.3) is 0 Å². The summed E-state index contributed by atoms with van der Waals surface area (Å²) in [7, 11) is 1.89. The summed E-state index contributed by atoms with van der Waals surface area (Å²) in [5.41, 5.74) is 6.60. The zero-order chi connectivity index (χ0) is 11.4. The van der Waals surface area contributed by atoms with Crippen LogP contribution in [0.1, 0.15) is 11.4 Å². The summed E-state index contributed by atoms with van der Waals surface area (Å²) in [4.78, 5) is 0. The standard InChI is InChI=1S/C11H14N4O/c1-15-8-13-14-11(15)7-16-10-4-2-9(6-12)3-5-10/h2-5,8H,6-7,12H2,1H3. The topological polar surface area (TPSA) is 66.0 Å². The smallest absolute Gasteiger partial charge is 0.170 e. The van der Waals surface area contributed by atoms with Crippen LogP contribution in [0.5, 0.6) is 5.75 Å². The molecule has 1 heterocycles. The maximum atomic E-state index is 5.57. The van der Waals surface area contributed by atoms with Gasteiger partial charge in [-0.25, -0.2) is 0 Å². The van der Waals surface area contributed by atoms with E-state index in [4.69, 9.17) is 10.5 Å². The average molecular weight is 218 g/mol. The van der Waals surface area contributed by atoms with E-state index in [1.165, 1.54) is 0 Å². The summed E-state index contributed by atoms with van der Waals surface area (Å²) in [6.45, 7) is 0.960. The van der Waals surface area contributed by atoms with Gasteiger partial charge in [0.1, 0.15) is 18.7 Å². The number of rotatable bonds is 4. The van der Waals surface area contributed by atoms with Gasteiger partial charge in [0.25, 0.3) is 0 Å². The van der Waals surface area contributed by atoms with Crippen molar-refractivity contribution in [2.45, 2.75) is 13.2 Å². The molecular formula is C11H14N4O. The molecule has 0 saturated heterocycles. The van der Waals surface area contributed by atoms with Gasteiger partial charge < -0.3 is 15.0 Å². The Morgan fingerprint density at radius 1 is 1.31 bits per heavy atom. The fourth-order valence-corrected chi connectivity index (χ4v) is 1.31. The summed E-state index contributed by atoms with van der Waals surface area (Å²) in [6, 6.07) is 7.70. The molecule has 0 spiro atoms.